The molecule has 0 aromatic heterocycles. The van der Waals surface area contributed by atoms with Crippen molar-refractivity contribution >= 4 is 23.9 Å². The van der Waals surface area contributed by atoms with Crippen molar-refractivity contribution in [3.8, 4) is 0 Å². The predicted molar refractivity (Wildman–Crippen MR) is 57.5 cm³/mol. The van der Waals surface area contributed by atoms with Crippen LogP contribution in [0.4, 0.5) is 5.69 Å². The molecule has 0 radical (unpaired) electrons. The molecule has 0 saturated carbocycles. The Morgan fingerprint density at radius 2 is 2.06 bits per heavy atom. The van der Waals surface area contributed by atoms with Crippen molar-refractivity contribution in [3.05, 3.63) is 29.3 Å². The quantitative estimate of drug-likeness (QED) is 0.615. The Bertz CT molecular complexity index is 440. The van der Waals surface area contributed by atoms with Gasteiger partial charge in [0.25, 0.3) is 0 Å². The fourth-order valence-electron chi connectivity index (χ4n) is 1.21. The maximum absolute atomic E-state index is 11.4. The molecular weight excluding hydrogens is 210 g/mol. The topological polar surface area (TPSA) is 72.5 Å². The van der Waals surface area contributed by atoms with Crippen LogP contribution in [-0.2, 0) is 9.53 Å². The predicted octanol–water partition coefficient (Wildman–Crippen LogP) is 1.24. The van der Waals surface area contributed by atoms with Crippen LogP contribution in [0.5, 0.6) is 0 Å². The number of carbonyl (C=O) groups excluding carboxylic acids is 3. The summed E-state index contributed by atoms with van der Waals surface area (Å²) in [5.41, 5.74) is 0.821. The summed E-state index contributed by atoms with van der Waals surface area (Å²) < 4.78 is 4.55. The number of esters is 1. The van der Waals surface area contributed by atoms with Crippen molar-refractivity contribution in [3.63, 3.8) is 0 Å². The number of rotatable bonds is 3. The van der Waals surface area contributed by atoms with Crippen LogP contribution in [0.1, 0.15) is 27.6 Å². The van der Waals surface area contributed by atoms with Crippen LogP contribution < -0.4 is 5.32 Å². The van der Waals surface area contributed by atoms with Gasteiger partial charge in [-0.05, 0) is 18.2 Å². The standard InChI is InChI=1S/C11H11NO4/c1-7(14)12-10-4-3-8(6-13)5-9(10)11(15)16-2/h3-6H,1-2H3,(H,12,14). The lowest BCUT2D eigenvalue weighted by Crippen LogP contribution is -2.12. The molecule has 0 bridgehead atoms. The molecule has 1 aromatic rings. The smallest absolute Gasteiger partial charge is 0.339 e. The molecule has 0 atom stereocenters. The van der Waals surface area contributed by atoms with E-state index in [-0.39, 0.29) is 11.5 Å². The van der Waals surface area contributed by atoms with Crippen molar-refractivity contribution in [2.75, 3.05) is 12.4 Å². The summed E-state index contributed by atoms with van der Waals surface area (Å²) in [5.74, 6) is -0.906. The lowest BCUT2D eigenvalue weighted by Gasteiger charge is -2.08. The third-order valence-electron chi connectivity index (χ3n) is 1.90. The number of hydrogen-bond donors (Lipinski definition) is 1. The van der Waals surface area contributed by atoms with Gasteiger partial charge >= 0.3 is 5.97 Å². The second-order valence-electron chi connectivity index (χ2n) is 3.10. The minimum absolute atomic E-state index is 0.155. The van der Waals surface area contributed by atoms with Gasteiger partial charge in [-0.25, -0.2) is 4.79 Å². The first kappa shape index (κ1) is 11.9. The molecule has 0 aliphatic carbocycles. The summed E-state index contributed by atoms with van der Waals surface area (Å²) in [6, 6.07) is 4.35. The van der Waals surface area contributed by atoms with Gasteiger partial charge in [0.05, 0.1) is 18.4 Å². The Balaban J connectivity index is 3.20. The second kappa shape index (κ2) is 5.06. The van der Waals surface area contributed by atoms with Gasteiger partial charge < -0.3 is 10.1 Å². The Morgan fingerprint density at radius 1 is 1.38 bits per heavy atom. The molecule has 1 aromatic carbocycles. The Labute approximate surface area is 92.4 Å². The molecule has 1 amide bonds. The number of hydrogen-bond acceptors (Lipinski definition) is 4. The van der Waals surface area contributed by atoms with E-state index in [9.17, 15) is 14.4 Å². The summed E-state index contributed by atoms with van der Waals surface area (Å²) in [6.07, 6.45) is 0.615. The van der Waals surface area contributed by atoms with Crippen LogP contribution >= 0.6 is 0 Å². The van der Waals surface area contributed by atoms with E-state index < -0.39 is 5.97 Å². The number of benzene rings is 1. The lowest BCUT2D eigenvalue weighted by molar-refractivity contribution is -0.114. The molecule has 5 nitrogen and oxygen atoms in total. The largest absolute Gasteiger partial charge is 0.465 e. The Hall–Kier alpha value is -2.17. The average Bonchev–Trinajstić information content (AvgIpc) is 2.28. The molecule has 1 rings (SSSR count). The zero-order valence-electron chi connectivity index (χ0n) is 8.94. The number of amides is 1. The molecular formula is C11H11NO4. The van der Waals surface area contributed by atoms with E-state index >= 15 is 0 Å². The number of carbonyl (C=O) groups is 3. The lowest BCUT2D eigenvalue weighted by atomic mass is 10.1. The van der Waals surface area contributed by atoms with Crippen LogP contribution in [0.3, 0.4) is 0 Å². The van der Waals surface area contributed by atoms with Gasteiger partial charge in [-0.15, -0.1) is 0 Å². The van der Waals surface area contributed by atoms with Gasteiger partial charge in [0, 0.05) is 12.5 Å². The molecule has 0 aliphatic rings. The molecule has 0 aliphatic heterocycles. The van der Waals surface area contributed by atoms with Crippen LogP contribution in [0.15, 0.2) is 18.2 Å². The number of aldehydes is 1. The highest BCUT2D eigenvalue weighted by Crippen LogP contribution is 2.18. The van der Waals surface area contributed by atoms with E-state index in [1.165, 1.54) is 32.2 Å². The summed E-state index contributed by atoms with van der Waals surface area (Å²) in [5, 5.41) is 2.48. The molecule has 84 valence electrons. The first-order valence-electron chi connectivity index (χ1n) is 4.53. The highest BCUT2D eigenvalue weighted by atomic mass is 16.5. The maximum atomic E-state index is 11.4. The van der Waals surface area contributed by atoms with Gasteiger partial charge in [-0.1, -0.05) is 0 Å². The molecule has 16 heavy (non-hydrogen) atoms. The Morgan fingerprint density at radius 3 is 2.56 bits per heavy atom. The molecule has 0 fully saturated rings. The molecule has 0 unspecified atom stereocenters. The van der Waals surface area contributed by atoms with Crippen LogP contribution in [0.25, 0.3) is 0 Å². The van der Waals surface area contributed by atoms with E-state index in [1.54, 1.807) is 0 Å². The number of nitrogens with one attached hydrogen (secondary N) is 1. The number of anilines is 1. The summed E-state index contributed by atoms with van der Waals surface area (Å²) in [6.45, 7) is 1.33. The highest BCUT2D eigenvalue weighted by Gasteiger charge is 2.13. The van der Waals surface area contributed by atoms with E-state index in [1.807, 2.05) is 0 Å². The van der Waals surface area contributed by atoms with Crippen molar-refractivity contribution in [1.82, 2.24) is 0 Å². The molecule has 1 N–H and O–H groups in total. The van der Waals surface area contributed by atoms with E-state index in [0.717, 1.165) is 0 Å². The molecule has 0 saturated heterocycles. The first-order chi connectivity index (χ1) is 7.58. The number of ether oxygens (including phenoxy) is 1. The molecule has 5 heteroatoms. The summed E-state index contributed by atoms with van der Waals surface area (Å²) >= 11 is 0. The monoisotopic (exact) mass is 221 g/mol. The van der Waals surface area contributed by atoms with Gasteiger partial charge in [0.15, 0.2) is 0 Å². The van der Waals surface area contributed by atoms with Gasteiger partial charge in [0.1, 0.15) is 6.29 Å². The van der Waals surface area contributed by atoms with Gasteiger partial charge in [-0.3, -0.25) is 9.59 Å². The van der Waals surface area contributed by atoms with E-state index in [2.05, 4.69) is 10.1 Å². The first-order valence-corrected chi connectivity index (χ1v) is 4.53. The second-order valence-corrected chi connectivity index (χ2v) is 3.10. The van der Waals surface area contributed by atoms with Gasteiger partial charge in [-0.2, -0.15) is 0 Å². The van der Waals surface area contributed by atoms with E-state index in [0.29, 0.717) is 17.5 Å². The zero-order chi connectivity index (χ0) is 12.1. The minimum atomic E-state index is -0.604. The zero-order valence-corrected chi connectivity index (χ0v) is 8.94. The Kier molecular flexibility index (Phi) is 3.77. The highest BCUT2D eigenvalue weighted by molar-refractivity contribution is 6.01. The fourth-order valence-corrected chi connectivity index (χ4v) is 1.21. The normalized spacial score (nSPS) is 9.38. The SMILES string of the molecule is COC(=O)c1cc(C=O)ccc1NC(C)=O. The third kappa shape index (κ3) is 2.66. The maximum Gasteiger partial charge on any atom is 0.339 e. The average molecular weight is 221 g/mol. The third-order valence-corrected chi connectivity index (χ3v) is 1.90. The van der Waals surface area contributed by atoms with Crippen molar-refractivity contribution < 1.29 is 19.1 Å². The number of methoxy groups -OCH3 is 1. The van der Waals surface area contributed by atoms with Crippen molar-refractivity contribution in [2.45, 2.75) is 6.92 Å². The van der Waals surface area contributed by atoms with Gasteiger partial charge in [0.2, 0.25) is 5.91 Å². The summed E-state index contributed by atoms with van der Waals surface area (Å²) in [4.78, 5) is 32.9. The minimum Gasteiger partial charge on any atom is -0.465 e. The fraction of sp³-hybridized carbons (Fsp3) is 0.182. The molecule has 0 spiro atoms. The van der Waals surface area contributed by atoms with Crippen LogP contribution in [0, 0.1) is 0 Å². The van der Waals surface area contributed by atoms with Crippen LogP contribution in [0.2, 0.25) is 0 Å². The van der Waals surface area contributed by atoms with Crippen LogP contribution in [-0.4, -0.2) is 25.3 Å². The summed E-state index contributed by atoms with van der Waals surface area (Å²) in [7, 11) is 1.23. The van der Waals surface area contributed by atoms with E-state index in [4.69, 9.17) is 0 Å². The molecule has 0 heterocycles. The van der Waals surface area contributed by atoms with Crippen molar-refractivity contribution in [1.29, 1.82) is 0 Å². The van der Waals surface area contributed by atoms with Crippen molar-refractivity contribution in [2.24, 2.45) is 0 Å².